The fourth-order valence-corrected chi connectivity index (χ4v) is 2.69. The van der Waals surface area contributed by atoms with Gasteiger partial charge in [-0.2, -0.15) is 0 Å². The molecule has 3 heteroatoms. The summed E-state index contributed by atoms with van der Waals surface area (Å²) in [7, 11) is 0. The van der Waals surface area contributed by atoms with E-state index in [1.807, 2.05) is 18.5 Å². The van der Waals surface area contributed by atoms with E-state index in [4.69, 9.17) is 4.74 Å². The summed E-state index contributed by atoms with van der Waals surface area (Å²) in [6.07, 6.45) is 8.90. The maximum absolute atomic E-state index is 6.26. The van der Waals surface area contributed by atoms with E-state index in [-0.39, 0.29) is 5.54 Å². The molecule has 1 heterocycles. The minimum atomic E-state index is 0.0992. The van der Waals surface area contributed by atoms with E-state index in [0.29, 0.717) is 11.5 Å². The van der Waals surface area contributed by atoms with Crippen LogP contribution in [0.25, 0.3) is 0 Å². The molecule has 1 aliphatic rings. The number of nitrogens with one attached hydrogen (secondary N) is 1. The van der Waals surface area contributed by atoms with Gasteiger partial charge in [-0.15, -0.1) is 0 Å². The highest BCUT2D eigenvalue weighted by Gasteiger charge is 2.28. The zero-order chi connectivity index (χ0) is 15.5. The molecule has 0 saturated heterocycles. The van der Waals surface area contributed by atoms with Crippen LogP contribution < -0.4 is 10.1 Å². The highest BCUT2D eigenvalue weighted by molar-refractivity contribution is 5.30. The first-order valence-electron chi connectivity index (χ1n) is 8.10. The first kappa shape index (κ1) is 16.3. The molecule has 21 heavy (non-hydrogen) atoms. The molecule has 0 spiro atoms. The SMILES string of the molecule is CC1(C)CCC(Oc2ccncc2CNC(C)(C)C)CC1. The molecule has 118 valence electrons. The molecule has 1 saturated carbocycles. The fourth-order valence-electron chi connectivity index (χ4n) is 2.69. The summed E-state index contributed by atoms with van der Waals surface area (Å²) in [5, 5.41) is 3.51. The predicted octanol–water partition coefficient (Wildman–Crippen LogP) is 4.32. The van der Waals surface area contributed by atoms with E-state index in [9.17, 15) is 0 Å². The Balaban J connectivity index is 1.97. The lowest BCUT2D eigenvalue weighted by Gasteiger charge is -2.34. The van der Waals surface area contributed by atoms with Crippen LogP contribution in [0.15, 0.2) is 18.5 Å². The quantitative estimate of drug-likeness (QED) is 0.897. The summed E-state index contributed by atoms with van der Waals surface area (Å²) in [6, 6.07) is 2.00. The maximum atomic E-state index is 6.26. The van der Waals surface area contributed by atoms with Crippen molar-refractivity contribution in [1.29, 1.82) is 0 Å². The Kier molecular flexibility index (Phi) is 4.92. The lowest BCUT2D eigenvalue weighted by atomic mass is 9.76. The van der Waals surface area contributed by atoms with Gasteiger partial charge >= 0.3 is 0 Å². The first-order valence-corrected chi connectivity index (χ1v) is 8.10. The van der Waals surface area contributed by atoms with Gasteiger partial charge in [-0.1, -0.05) is 13.8 Å². The molecular formula is C18H30N2O. The minimum Gasteiger partial charge on any atom is -0.490 e. The Morgan fingerprint density at radius 1 is 1.29 bits per heavy atom. The fraction of sp³-hybridized carbons (Fsp3) is 0.722. The van der Waals surface area contributed by atoms with Crippen LogP contribution in [0.5, 0.6) is 5.75 Å². The van der Waals surface area contributed by atoms with Gasteiger partial charge in [-0.3, -0.25) is 4.98 Å². The van der Waals surface area contributed by atoms with Gasteiger partial charge in [0.25, 0.3) is 0 Å². The van der Waals surface area contributed by atoms with Crippen molar-refractivity contribution in [3.05, 3.63) is 24.0 Å². The molecule has 1 aromatic heterocycles. The van der Waals surface area contributed by atoms with Crippen LogP contribution in [0.4, 0.5) is 0 Å². The second-order valence-corrected chi connectivity index (χ2v) is 8.07. The van der Waals surface area contributed by atoms with Crippen molar-refractivity contribution >= 4 is 0 Å². The highest BCUT2D eigenvalue weighted by atomic mass is 16.5. The van der Waals surface area contributed by atoms with Crippen LogP contribution in [-0.4, -0.2) is 16.6 Å². The van der Waals surface area contributed by atoms with E-state index in [2.05, 4.69) is 44.9 Å². The third-order valence-electron chi connectivity index (χ3n) is 4.25. The van der Waals surface area contributed by atoms with Gasteiger partial charge in [0.15, 0.2) is 0 Å². The van der Waals surface area contributed by atoms with Crippen LogP contribution in [0.1, 0.15) is 65.9 Å². The molecule has 0 aliphatic heterocycles. The van der Waals surface area contributed by atoms with Crippen molar-refractivity contribution in [3.8, 4) is 5.75 Å². The molecule has 0 radical (unpaired) electrons. The Morgan fingerprint density at radius 3 is 2.57 bits per heavy atom. The molecule has 0 amide bonds. The van der Waals surface area contributed by atoms with E-state index in [0.717, 1.165) is 30.7 Å². The number of hydrogen-bond acceptors (Lipinski definition) is 3. The zero-order valence-corrected chi connectivity index (χ0v) is 14.2. The number of pyridine rings is 1. The average Bonchev–Trinajstić information content (AvgIpc) is 2.39. The third kappa shape index (κ3) is 5.31. The number of hydrogen-bond donors (Lipinski definition) is 1. The van der Waals surface area contributed by atoms with Gasteiger partial charge in [0, 0.05) is 30.0 Å². The lowest BCUT2D eigenvalue weighted by Crippen LogP contribution is -2.35. The second kappa shape index (κ2) is 6.35. The summed E-state index contributed by atoms with van der Waals surface area (Å²) in [5.74, 6) is 0.992. The van der Waals surface area contributed by atoms with Crippen LogP contribution in [0.3, 0.4) is 0 Å². The molecule has 0 unspecified atom stereocenters. The van der Waals surface area contributed by atoms with Crippen molar-refractivity contribution in [2.45, 2.75) is 78.5 Å². The van der Waals surface area contributed by atoms with Gasteiger partial charge in [-0.25, -0.2) is 0 Å². The van der Waals surface area contributed by atoms with Crippen LogP contribution in [0, 0.1) is 5.41 Å². The second-order valence-electron chi connectivity index (χ2n) is 8.07. The van der Waals surface area contributed by atoms with E-state index < -0.39 is 0 Å². The summed E-state index contributed by atoms with van der Waals surface area (Å²) < 4.78 is 6.26. The molecule has 1 aromatic rings. The topological polar surface area (TPSA) is 34.1 Å². The molecule has 1 fully saturated rings. The zero-order valence-electron chi connectivity index (χ0n) is 14.2. The highest BCUT2D eigenvalue weighted by Crippen LogP contribution is 2.36. The smallest absolute Gasteiger partial charge is 0.127 e. The molecule has 2 rings (SSSR count). The minimum absolute atomic E-state index is 0.0992. The summed E-state index contributed by atoms with van der Waals surface area (Å²) in [6.45, 7) is 12.0. The van der Waals surface area contributed by atoms with Gasteiger partial charge in [0.2, 0.25) is 0 Å². The summed E-state index contributed by atoms with van der Waals surface area (Å²) >= 11 is 0. The van der Waals surface area contributed by atoms with E-state index in [1.165, 1.54) is 12.8 Å². The van der Waals surface area contributed by atoms with Crippen LogP contribution >= 0.6 is 0 Å². The molecular weight excluding hydrogens is 260 g/mol. The van der Waals surface area contributed by atoms with Crippen molar-refractivity contribution in [2.24, 2.45) is 5.41 Å². The van der Waals surface area contributed by atoms with E-state index in [1.54, 1.807) is 0 Å². The van der Waals surface area contributed by atoms with Crippen molar-refractivity contribution < 1.29 is 4.74 Å². The van der Waals surface area contributed by atoms with Crippen LogP contribution in [-0.2, 0) is 6.54 Å². The summed E-state index contributed by atoms with van der Waals surface area (Å²) in [5.41, 5.74) is 1.73. The lowest BCUT2D eigenvalue weighted by molar-refractivity contribution is 0.0976. The number of rotatable bonds is 4. The van der Waals surface area contributed by atoms with Crippen LogP contribution in [0.2, 0.25) is 0 Å². The predicted molar refractivity (Wildman–Crippen MR) is 87.5 cm³/mol. The molecule has 0 atom stereocenters. The molecule has 3 nitrogen and oxygen atoms in total. The van der Waals surface area contributed by atoms with Crippen molar-refractivity contribution in [2.75, 3.05) is 0 Å². The Morgan fingerprint density at radius 2 is 1.95 bits per heavy atom. The Bertz CT molecular complexity index is 453. The monoisotopic (exact) mass is 290 g/mol. The number of ether oxygens (including phenoxy) is 1. The van der Waals surface area contributed by atoms with Gasteiger partial charge in [0.1, 0.15) is 5.75 Å². The molecule has 0 bridgehead atoms. The van der Waals surface area contributed by atoms with Gasteiger partial charge in [0.05, 0.1) is 6.10 Å². The standard InChI is InChI=1S/C18H30N2O/c1-17(2,3)20-13-14-12-19-11-8-16(14)21-15-6-9-18(4,5)10-7-15/h8,11-12,15,20H,6-7,9-10,13H2,1-5H3. The molecule has 1 N–H and O–H groups in total. The largest absolute Gasteiger partial charge is 0.490 e. The average molecular weight is 290 g/mol. The summed E-state index contributed by atoms with van der Waals surface area (Å²) in [4.78, 5) is 4.24. The van der Waals surface area contributed by atoms with Gasteiger partial charge < -0.3 is 10.1 Å². The number of nitrogens with zero attached hydrogens (tertiary/aromatic N) is 1. The first-order chi connectivity index (χ1) is 9.75. The van der Waals surface area contributed by atoms with Crippen molar-refractivity contribution in [3.63, 3.8) is 0 Å². The van der Waals surface area contributed by atoms with E-state index >= 15 is 0 Å². The van der Waals surface area contributed by atoms with Crippen molar-refractivity contribution in [1.82, 2.24) is 10.3 Å². The number of aromatic nitrogens is 1. The third-order valence-corrected chi connectivity index (χ3v) is 4.25. The normalized spacial score (nSPS) is 19.5. The molecule has 1 aliphatic carbocycles. The molecule has 0 aromatic carbocycles. The Hall–Kier alpha value is -1.09. The Labute approximate surface area is 129 Å². The van der Waals surface area contributed by atoms with Gasteiger partial charge in [-0.05, 0) is 57.9 Å². The maximum Gasteiger partial charge on any atom is 0.127 e.